The lowest BCUT2D eigenvalue weighted by molar-refractivity contribution is -0.137. The number of rotatable bonds is 7. The van der Waals surface area contributed by atoms with E-state index in [0.717, 1.165) is 32.1 Å². The molecule has 0 bridgehead atoms. The molecule has 3 nitrogen and oxygen atoms in total. The summed E-state index contributed by atoms with van der Waals surface area (Å²) in [7, 11) is 0. The van der Waals surface area contributed by atoms with E-state index in [2.05, 4.69) is 0 Å². The number of hydrogen-bond acceptors (Lipinski definition) is 1. The van der Waals surface area contributed by atoms with E-state index in [1.807, 2.05) is 0 Å². The van der Waals surface area contributed by atoms with E-state index in [1.165, 1.54) is 0 Å². The number of unbranched alkanes of at least 4 members (excludes halogenated alkanes) is 4. The number of aliphatic carboxylic acids is 1. The minimum atomic E-state index is -0.728. The molecule has 65 valence electrons. The van der Waals surface area contributed by atoms with E-state index >= 15 is 0 Å². The Morgan fingerprint density at radius 3 is 2.09 bits per heavy atom. The van der Waals surface area contributed by atoms with Crippen molar-refractivity contribution in [3.63, 3.8) is 0 Å². The highest BCUT2D eigenvalue weighted by Crippen LogP contribution is 2.04. The molecule has 0 aliphatic rings. The van der Waals surface area contributed by atoms with Crippen LogP contribution in [0, 0.1) is 0 Å². The normalized spacial score (nSPS) is 9.91. The molecule has 0 saturated carbocycles. The van der Waals surface area contributed by atoms with Crippen LogP contribution in [-0.4, -0.2) is 17.7 Å². The highest BCUT2D eigenvalue weighted by molar-refractivity contribution is 5.66. The van der Waals surface area contributed by atoms with Crippen molar-refractivity contribution < 1.29 is 15.0 Å². The molecule has 0 aromatic carbocycles. The van der Waals surface area contributed by atoms with Gasteiger partial charge >= 0.3 is 5.97 Å². The number of carboxylic acids is 1. The Balaban J connectivity index is 2.85. The third-order valence-corrected chi connectivity index (χ3v) is 1.53. The van der Waals surface area contributed by atoms with Gasteiger partial charge in [0.25, 0.3) is 0 Å². The molecule has 0 aromatic rings. The van der Waals surface area contributed by atoms with Crippen LogP contribution in [-0.2, 0) is 9.90 Å². The van der Waals surface area contributed by atoms with Gasteiger partial charge in [0, 0.05) is 6.42 Å². The number of carboxylic acid groups (broad SMARTS) is 1. The molecule has 1 radical (unpaired) electrons. The Kier molecular flexibility index (Phi) is 7.15. The van der Waals surface area contributed by atoms with Crippen molar-refractivity contribution in [1.29, 1.82) is 0 Å². The number of carbonyl (C=O) groups is 1. The maximum absolute atomic E-state index is 10.0. The molecule has 0 unspecified atom stereocenters. The zero-order valence-corrected chi connectivity index (χ0v) is 6.71. The first-order chi connectivity index (χ1) is 5.27. The summed E-state index contributed by atoms with van der Waals surface area (Å²) in [6.45, 7) is -0.00106. The Morgan fingerprint density at radius 1 is 1.00 bits per heavy atom. The first-order valence-corrected chi connectivity index (χ1v) is 4.07. The van der Waals surface area contributed by atoms with Crippen molar-refractivity contribution in [2.75, 3.05) is 6.61 Å². The molecule has 0 spiro atoms. The molecule has 11 heavy (non-hydrogen) atoms. The van der Waals surface area contributed by atoms with Crippen molar-refractivity contribution in [2.24, 2.45) is 0 Å². The van der Waals surface area contributed by atoms with E-state index < -0.39 is 5.97 Å². The van der Waals surface area contributed by atoms with Crippen molar-refractivity contribution >= 4 is 5.97 Å². The lowest BCUT2D eigenvalue weighted by Gasteiger charge is -1.96. The maximum Gasteiger partial charge on any atom is 0.303 e. The second-order valence-electron chi connectivity index (χ2n) is 2.62. The van der Waals surface area contributed by atoms with Crippen LogP contribution in [0.4, 0.5) is 0 Å². The van der Waals surface area contributed by atoms with Crippen molar-refractivity contribution in [3.05, 3.63) is 0 Å². The SMILES string of the molecule is [O]CCCCCCCC(=O)O. The fraction of sp³-hybridized carbons (Fsp3) is 0.875. The van der Waals surface area contributed by atoms with Gasteiger partial charge < -0.3 is 5.11 Å². The summed E-state index contributed by atoms with van der Waals surface area (Å²) in [4.78, 5) is 10.0. The van der Waals surface area contributed by atoms with Gasteiger partial charge in [0.05, 0.1) is 6.61 Å². The van der Waals surface area contributed by atoms with Gasteiger partial charge in [0.1, 0.15) is 0 Å². The predicted octanol–water partition coefficient (Wildman–Crippen LogP) is 1.84. The van der Waals surface area contributed by atoms with Crippen LogP contribution < -0.4 is 0 Å². The van der Waals surface area contributed by atoms with Gasteiger partial charge in [-0.3, -0.25) is 4.79 Å². The molecule has 3 heteroatoms. The zero-order valence-electron chi connectivity index (χ0n) is 6.71. The second-order valence-corrected chi connectivity index (χ2v) is 2.62. The third-order valence-electron chi connectivity index (χ3n) is 1.53. The number of hydrogen-bond donors (Lipinski definition) is 1. The summed E-state index contributed by atoms with van der Waals surface area (Å²) >= 11 is 0. The molecule has 0 aliphatic carbocycles. The molecule has 0 aromatic heterocycles. The Morgan fingerprint density at radius 2 is 1.55 bits per heavy atom. The van der Waals surface area contributed by atoms with Crippen LogP contribution in [0.2, 0.25) is 0 Å². The Bertz CT molecular complexity index is 102. The van der Waals surface area contributed by atoms with Crippen molar-refractivity contribution in [3.8, 4) is 0 Å². The van der Waals surface area contributed by atoms with Gasteiger partial charge in [-0.1, -0.05) is 19.3 Å². The quantitative estimate of drug-likeness (QED) is 0.576. The van der Waals surface area contributed by atoms with E-state index in [4.69, 9.17) is 5.11 Å². The van der Waals surface area contributed by atoms with Crippen LogP contribution in [0.25, 0.3) is 0 Å². The molecule has 0 fully saturated rings. The van der Waals surface area contributed by atoms with Crippen molar-refractivity contribution in [2.45, 2.75) is 38.5 Å². The van der Waals surface area contributed by atoms with Gasteiger partial charge in [0.15, 0.2) is 0 Å². The average Bonchev–Trinajstić information content (AvgIpc) is 1.96. The van der Waals surface area contributed by atoms with Gasteiger partial charge in [-0.05, 0) is 12.8 Å². The highest BCUT2D eigenvalue weighted by Gasteiger charge is 1.95. The fourth-order valence-electron chi connectivity index (χ4n) is 0.909. The summed E-state index contributed by atoms with van der Waals surface area (Å²) in [5.74, 6) is -0.728. The zero-order chi connectivity index (χ0) is 8.53. The lowest BCUT2D eigenvalue weighted by Crippen LogP contribution is -1.93. The van der Waals surface area contributed by atoms with Gasteiger partial charge in [-0.15, -0.1) is 0 Å². The van der Waals surface area contributed by atoms with Gasteiger partial charge in [0.2, 0.25) is 0 Å². The molecular formula is C8H15O3. The molecule has 0 heterocycles. The smallest absolute Gasteiger partial charge is 0.303 e. The summed E-state index contributed by atoms with van der Waals surface area (Å²) in [6, 6.07) is 0. The highest BCUT2D eigenvalue weighted by atomic mass is 16.4. The van der Waals surface area contributed by atoms with Crippen LogP contribution in [0.15, 0.2) is 0 Å². The standard InChI is InChI=1S/C8H15O3/c9-7-5-3-1-2-4-6-8(10)11/h1-7H2,(H,10,11). The largest absolute Gasteiger partial charge is 0.481 e. The van der Waals surface area contributed by atoms with Gasteiger partial charge in [-0.2, -0.15) is 0 Å². The summed E-state index contributed by atoms with van der Waals surface area (Å²) in [6.07, 6.45) is 4.61. The molecule has 0 rings (SSSR count). The van der Waals surface area contributed by atoms with Crippen molar-refractivity contribution in [1.82, 2.24) is 0 Å². The van der Waals surface area contributed by atoms with E-state index in [1.54, 1.807) is 0 Å². The van der Waals surface area contributed by atoms with E-state index in [-0.39, 0.29) is 13.0 Å². The minimum Gasteiger partial charge on any atom is -0.481 e. The van der Waals surface area contributed by atoms with E-state index in [0.29, 0.717) is 0 Å². The Hall–Kier alpha value is -0.570. The molecule has 0 atom stereocenters. The Labute approximate surface area is 67.0 Å². The molecule has 0 saturated heterocycles. The van der Waals surface area contributed by atoms with Crippen LogP contribution in [0.3, 0.4) is 0 Å². The second kappa shape index (κ2) is 7.54. The summed E-state index contributed by atoms with van der Waals surface area (Å²) < 4.78 is 0. The predicted molar refractivity (Wildman–Crippen MR) is 40.9 cm³/mol. The average molecular weight is 159 g/mol. The molecular weight excluding hydrogens is 144 g/mol. The van der Waals surface area contributed by atoms with Crippen LogP contribution in [0.5, 0.6) is 0 Å². The molecule has 1 N–H and O–H groups in total. The van der Waals surface area contributed by atoms with Crippen LogP contribution >= 0.6 is 0 Å². The fourth-order valence-corrected chi connectivity index (χ4v) is 0.909. The van der Waals surface area contributed by atoms with E-state index in [9.17, 15) is 9.90 Å². The lowest BCUT2D eigenvalue weighted by atomic mass is 10.1. The topological polar surface area (TPSA) is 57.2 Å². The monoisotopic (exact) mass is 159 g/mol. The first kappa shape index (κ1) is 10.4. The summed E-state index contributed by atoms with van der Waals surface area (Å²) in [5, 5.41) is 18.2. The van der Waals surface area contributed by atoms with Crippen LogP contribution in [0.1, 0.15) is 38.5 Å². The minimum absolute atomic E-state index is 0.00106. The van der Waals surface area contributed by atoms with Gasteiger partial charge in [-0.25, -0.2) is 5.11 Å². The third kappa shape index (κ3) is 9.43. The first-order valence-electron chi connectivity index (χ1n) is 4.07. The molecule has 0 aliphatic heterocycles. The summed E-state index contributed by atoms with van der Waals surface area (Å²) in [5.41, 5.74) is 0. The molecule has 0 amide bonds. The maximum atomic E-state index is 10.0.